The monoisotopic (exact) mass is 482 g/mol. The van der Waals surface area contributed by atoms with E-state index in [-0.39, 0.29) is 47.1 Å². The van der Waals surface area contributed by atoms with Gasteiger partial charge in [-0.1, -0.05) is 23.7 Å². The molecule has 2 fully saturated rings. The van der Waals surface area contributed by atoms with Crippen LogP contribution in [-0.4, -0.2) is 67.1 Å². The standard InChI is InChI=1S/C21H24ClFN4O4S/c1-32(29,30)25-21-18(8-9-19(22)24-21)31-13-20(28)27-16-6-7-17(27)12-26(11-16)10-14-2-4-15(23)5-3-14/h2-5,8-9,16-17H,6-7,10-13H2,1H3,(H,24,25). The summed E-state index contributed by atoms with van der Waals surface area (Å²) in [7, 11) is -3.59. The molecule has 2 aliphatic heterocycles. The molecule has 0 saturated carbocycles. The number of carbonyl (C=O) groups is 1. The summed E-state index contributed by atoms with van der Waals surface area (Å²) in [6, 6.07) is 9.59. The lowest BCUT2D eigenvalue weighted by atomic mass is 10.1. The largest absolute Gasteiger partial charge is 0.480 e. The second-order valence-corrected chi connectivity index (χ2v) is 10.3. The van der Waals surface area contributed by atoms with Gasteiger partial charge in [0.05, 0.1) is 6.26 Å². The third kappa shape index (κ3) is 5.48. The number of nitrogens with one attached hydrogen (secondary N) is 1. The molecular weight excluding hydrogens is 459 g/mol. The van der Waals surface area contributed by atoms with Crippen LogP contribution >= 0.6 is 11.6 Å². The summed E-state index contributed by atoms with van der Waals surface area (Å²) in [6.45, 7) is 1.96. The number of rotatable bonds is 7. The van der Waals surface area contributed by atoms with Gasteiger partial charge in [-0.2, -0.15) is 0 Å². The minimum Gasteiger partial charge on any atom is -0.480 e. The van der Waals surface area contributed by atoms with Crippen LogP contribution in [0.3, 0.4) is 0 Å². The van der Waals surface area contributed by atoms with Crippen LogP contribution in [0.25, 0.3) is 0 Å². The average Bonchev–Trinajstić information content (AvgIpc) is 2.98. The van der Waals surface area contributed by atoms with Gasteiger partial charge in [0.1, 0.15) is 11.0 Å². The van der Waals surface area contributed by atoms with E-state index >= 15 is 0 Å². The highest BCUT2D eigenvalue weighted by Crippen LogP contribution is 2.32. The number of carbonyl (C=O) groups excluding carboxylic acids is 1. The second kappa shape index (κ2) is 9.21. The maximum absolute atomic E-state index is 13.1. The highest BCUT2D eigenvalue weighted by atomic mass is 35.5. The first kappa shape index (κ1) is 22.8. The summed E-state index contributed by atoms with van der Waals surface area (Å²) >= 11 is 5.86. The van der Waals surface area contributed by atoms with Gasteiger partial charge in [0.2, 0.25) is 10.0 Å². The zero-order valence-corrected chi connectivity index (χ0v) is 19.1. The molecule has 3 heterocycles. The molecule has 1 N–H and O–H groups in total. The SMILES string of the molecule is CS(=O)(=O)Nc1nc(Cl)ccc1OCC(=O)N1C2CCC1CN(Cc1ccc(F)cc1)C2. The minimum atomic E-state index is -3.59. The van der Waals surface area contributed by atoms with Gasteiger partial charge in [0.25, 0.3) is 5.91 Å². The molecule has 2 aromatic rings. The molecule has 172 valence electrons. The number of likely N-dealkylation sites (tertiary alicyclic amines) is 1. The number of nitrogens with zero attached hydrogens (tertiary/aromatic N) is 3. The predicted octanol–water partition coefficient (Wildman–Crippen LogP) is 2.50. The number of amides is 1. The molecule has 4 rings (SSSR count). The number of halogens is 2. The van der Waals surface area contributed by atoms with Crippen molar-refractivity contribution in [2.24, 2.45) is 0 Å². The Morgan fingerprint density at radius 1 is 1.19 bits per heavy atom. The number of hydrogen-bond donors (Lipinski definition) is 1. The third-order valence-corrected chi connectivity index (χ3v) is 6.40. The molecule has 2 saturated heterocycles. The molecular formula is C21H24ClFN4O4S. The van der Waals surface area contributed by atoms with Gasteiger partial charge < -0.3 is 9.64 Å². The summed E-state index contributed by atoms with van der Waals surface area (Å²) in [6.07, 6.45) is 2.83. The predicted molar refractivity (Wildman–Crippen MR) is 119 cm³/mol. The first-order chi connectivity index (χ1) is 15.2. The van der Waals surface area contributed by atoms with Gasteiger partial charge >= 0.3 is 0 Å². The number of ether oxygens (including phenoxy) is 1. The molecule has 2 atom stereocenters. The fourth-order valence-corrected chi connectivity index (χ4v) is 5.02. The van der Waals surface area contributed by atoms with Crippen LogP contribution in [0.5, 0.6) is 5.75 Å². The Morgan fingerprint density at radius 3 is 2.47 bits per heavy atom. The highest BCUT2D eigenvalue weighted by Gasteiger charge is 2.42. The summed E-state index contributed by atoms with van der Waals surface area (Å²) in [5.41, 5.74) is 1.04. The Kier molecular flexibility index (Phi) is 6.55. The zero-order valence-electron chi connectivity index (χ0n) is 17.5. The third-order valence-electron chi connectivity index (χ3n) is 5.62. The van der Waals surface area contributed by atoms with Gasteiger partial charge in [-0.25, -0.2) is 17.8 Å². The maximum Gasteiger partial charge on any atom is 0.261 e. The summed E-state index contributed by atoms with van der Waals surface area (Å²) < 4.78 is 44.2. The first-order valence-corrected chi connectivity index (χ1v) is 12.5. The molecule has 32 heavy (non-hydrogen) atoms. The van der Waals surface area contributed by atoms with Crippen molar-refractivity contribution in [3.05, 3.63) is 52.9 Å². The molecule has 2 unspecified atom stereocenters. The van der Waals surface area contributed by atoms with Gasteiger partial charge in [-0.05, 0) is 42.7 Å². The summed E-state index contributed by atoms with van der Waals surface area (Å²) in [4.78, 5) is 21.1. The van der Waals surface area contributed by atoms with Gasteiger partial charge in [-0.3, -0.25) is 14.4 Å². The number of piperazine rings is 1. The van der Waals surface area contributed by atoms with Crippen LogP contribution in [0.1, 0.15) is 18.4 Å². The van der Waals surface area contributed by atoms with Crippen LogP contribution in [0.2, 0.25) is 5.15 Å². The van der Waals surface area contributed by atoms with E-state index in [4.69, 9.17) is 16.3 Å². The van der Waals surface area contributed by atoms with Crippen molar-refractivity contribution in [1.82, 2.24) is 14.8 Å². The number of fused-ring (bicyclic) bond motifs is 2. The Morgan fingerprint density at radius 2 is 1.84 bits per heavy atom. The maximum atomic E-state index is 13.1. The molecule has 0 aliphatic carbocycles. The lowest BCUT2D eigenvalue weighted by Gasteiger charge is -2.41. The molecule has 0 radical (unpaired) electrons. The van der Waals surface area contributed by atoms with Crippen molar-refractivity contribution < 1.29 is 22.3 Å². The smallest absolute Gasteiger partial charge is 0.261 e. The van der Waals surface area contributed by atoms with Crippen LogP contribution < -0.4 is 9.46 Å². The molecule has 0 spiro atoms. The van der Waals surface area contributed by atoms with E-state index in [1.54, 1.807) is 12.1 Å². The Labute approximate surface area is 191 Å². The molecule has 2 bridgehead atoms. The number of aromatic nitrogens is 1. The van der Waals surface area contributed by atoms with Crippen LogP contribution in [0.15, 0.2) is 36.4 Å². The van der Waals surface area contributed by atoms with Crippen molar-refractivity contribution >= 4 is 33.3 Å². The summed E-state index contributed by atoms with van der Waals surface area (Å²) in [5, 5.41) is 0.102. The molecule has 2 aliphatic rings. The average molecular weight is 483 g/mol. The van der Waals surface area contributed by atoms with E-state index in [1.807, 2.05) is 4.90 Å². The molecule has 11 heteroatoms. The highest BCUT2D eigenvalue weighted by molar-refractivity contribution is 7.92. The van der Waals surface area contributed by atoms with Gasteiger partial charge in [0, 0.05) is 31.7 Å². The number of benzene rings is 1. The van der Waals surface area contributed by atoms with E-state index in [0.717, 1.165) is 37.8 Å². The first-order valence-electron chi connectivity index (χ1n) is 10.2. The van der Waals surface area contributed by atoms with Crippen molar-refractivity contribution in [3.8, 4) is 5.75 Å². The van der Waals surface area contributed by atoms with Crippen molar-refractivity contribution in [3.63, 3.8) is 0 Å². The lowest BCUT2D eigenvalue weighted by Crippen LogP contribution is -2.56. The van der Waals surface area contributed by atoms with Crippen LogP contribution in [0.4, 0.5) is 10.2 Å². The number of sulfonamides is 1. The van der Waals surface area contributed by atoms with E-state index < -0.39 is 10.0 Å². The normalized spacial score (nSPS) is 20.9. The van der Waals surface area contributed by atoms with Gasteiger partial charge in [-0.15, -0.1) is 0 Å². The van der Waals surface area contributed by atoms with Gasteiger partial charge in [0.15, 0.2) is 18.2 Å². The van der Waals surface area contributed by atoms with E-state index in [0.29, 0.717) is 6.54 Å². The number of pyridine rings is 1. The fourth-order valence-electron chi connectivity index (χ4n) is 4.38. The van der Waals surface area contributed by atoms with Crippen molar-refractivity contribution in [2.45, 2.75) is 31.5 Å². The second-order valence-electron chi connectivity index (χ2n) is 8.15. The molecule has 1 aromatic heterocycles. The topological polar surface area (TPSA) is 91.8 Å². The molecule has 1 amide bonds. The Balaban J connectivity index is 1.38. The quantitative estimate of drug-likeness (QED) is 0.610. The number of anilines is 1. The Hall–Kier alpha value is -2.43. The Bertz CT molecular complexity index is 1090. The van der Waals surface area contributed by atoms with Crippen LogP contribution in [0, 0.1) is 5.82 Å². The lowest BCUT2D eigenvalue weighted by molar-refractivity contribution is -0.139. The van der Waals surface area contributed by atoms with E-state index in [2.05, 4.69) is 14.6 Å². The summed E-state index contributed by atoms with van der Waals surface area (Å²) in [5.74, 6) is -0.329. The molecule has 8 nitrogen and oxygen atoms in total. The van der Waals surface area contributed by atoms with Crippen LogP contribution in [-0.2, 0) is 21.4 Å². The number of hydrogen-bond acceptors (Lipinski definition) is 6. The zero-order chi connectivity index (χ0) is 22.9. The fraction of sp³-hybridized carbons (Fsp3) is 0.429. The van der Waals surface area contributed by atoms with Crippen molar-refractivity contribution in [1.29, 1.82) is 0 Å². The van der Waals surface area contributed by atoms with Crippen molar-refractivity contribution in [2.75, 3.05) is 30.7 Å². The minimum absolute atomic E-state index is 0.0557. The van der Waals surface area contributed by atoms with E-state index in [9.17, 15) is 17.6 Å². The molecule has 1 aromatic carbocycles. The van der Waals surface area contributed by atoms with E-state index in [1.165, 1.54) is 24.3 Å².